The summed E-state index contributed by atoms with van der Waals surface area (Å²) in [6.45, 7) is 2.15. The molecule has 0 aliphatic heterocycles. The zero-order chi connectivity index (χ0) is 10.1. The van der Waals surface area contributed by atoms with Gasteiger partial charge >= 0.3 is 0 Å². The highest BCUT2D eigenvalue weighted by Crippen LogP contribution is 2.27. The van der Waals surface area contributed by atoms with Gasteiger partial charge in [-0.15, -0.1) is 0 Å². The van der Waals surface area contributed by atoms with Crippen LogP contribution in [0.5, 0.6) is 0 Å². The molecule has 0 saturated carbocycles. The maximum Gasteiger partial charge on any atom is 0.181 e. The summed E-state index contributed by atoms with van der Waals surface area (Å²) in [6, 6.07) is 3.98. The first-order chi connectivity index (χ1) is 6.74. The van der Waals surface area contributed by atoms with Crippen molar-refractivity contribution in [2.75, 3.05) is 5.73 Å². The van der Waals surface area contributed by atoms with Crippen LogP contribution in [-0.2, 0) is 13.0 Å². The largest absolute Gasteiger partial charge is 0.392 e. The Morgan fingerprint density at radius 2 is 2.21 bits per heavy atom. The van der Waals surface area contributed by atoms with Gasteiger partial charge in [0.25, 0.3) is 0 Å². The van der Waals surface area contributed by atoms with Crippen LogP contribution in [0.3, 0.4) is 0 Å². The summed E-state index contributed by atoms with van der Waals surface area (Å²) in [5.74, 6) is 0. The lowest BCUT2D eigenvalue weighted by molar-refractivity contribution is 0.281. The van der Waals surface area contributed by atoms with Gasteiger partial charge in [-0.1, -0.05) is 18.3 Å². The number of fused-ring (bicyclic) bond motifs is 1. The van der Waals surface area contributed by atoms with Crippen molar-refractivity contribution in [3.05, 3.63) is 23.3 Å². The van der Waals surface area contributed by atoms with Crippen LogP contribution in [0.1, 0.15) is 18.1 Å². The average Bonchev–Trinajstić information content (AvgIpc) is 2.54. The zero-order valence-electron chi connectivity index (χ0n) is 7.95. The molecular weight excluding hydrogens is 196 g/mol. The van der Waals surface area contributed by atoms with E-state index in [2.05, 4.69) is 11.9 Å². The van der Waals surface area contributed by atoms with Gasteiger partial charge < -0.3 is 10.8 Å². The fraction of sp³-hybridized carbons (Fsp3) is 0.300. The molecule has 1 heterocycles. The smallest absolute Gasteiger partial charge is 0.181 e. The van der Waals surface area contributed by atoms with E-state index in [0.29, 0.717) is 5.13 Å². The Bertz CT molecular complexity index is 423. The van der Waals surface area contributed by atoms with E-state index in [0.717, 1.165) is 27.8 Å². The quantitative estimate of drug-likeness (QED) is 0.792. The predicted octanol–water partition coefficient (Wildman–Crippen LogP) is 1.93. The summed E-state index contributed by atoms with van der Waals surface area (Å²) in [6.07, 6.45) is 0.906. The number of anilines is 1. The van der Waals surface area contributed by atoms with Crippen molar-refractivity contribution in [3.63, 3.8) is 0 Å². The summed E-state index contributed by atoms with van der Waals surface area (Å²) in [4.78, 5) is 4.21. The van der Waals surface area contributed by atoms with Gasteiger partial charge in [-0.3, -0.25) is 0 Å². The normalized spacial score (nSPS) is 11.0. The number of nitrogens with two attached hydrogens (primary N) is 1. The third-order valence-corrected chi connectivity index (χ3v) is 3.12. The number of hydrogen-bond donors (Lipinski definition) is 2. The Morgan fingerprint density at radius 1 is 1.43 bits per heavy atom. The molecule has 0 saturated heterocycles. The molecule has 0 unspecified atom stereocenters. The molecule has 2 aromatic rings. The van der Waals surface area contributed by atoms with Gasteiger partial charge in [0.05, 0.1) is 16.8 Å². The van der Waals surface area contributed by atoms with Crippen LogP contribution in [0.15, 0.2) is 12.1 Å². The van der Waals surface area contributed by atoms with Crippen molar-refractivity contribution in [1.82, 2.24) is 4.98 Å². The zero-order valence-corrected chi connectivity index (χ0v) is 8.77. The highest BCUT2D eigenvalue weighted by Gasteiger charge is 2.06. The van der Waals surface area contributed by atoms with Crippen LogP contribution in [-0.4, -0.2) is 10.1 Å². The van der Waals surface area contributed by atoms with Crippen LogP contribution in [0, 0.1) is 0 Å². The molecule has 0 atom stereocenters. The van der Waals surface area contributed by atoms with Crippen LogP contribution in [0.25, 0.3) is 10.2 Å². The van der Waals surface area contributed by atoms with Gasteiger partial charge in [0.15, 0.2) is 5.13 Å². The first-order valence-corrected chi connectivity index (χ1v) is 5.35. The lowest BCUT2D eigenvalue weighted by atomic mass is 10.1. The molecule has 0 bridgehead atoms. The topological polar surface area (TPSA) is 59.1 Å². The summed E-state index contributed by atoms with van der Waals surface area (Å²) in [5.41, 5.74) is 8.67. The second kappa shape index (κ2) is 3.55. The number of aliphatic hydroxyl groups is 1. The second-order valence-electron chi connectivity index (χ2n) is 3.15. The molecule has 0 radical (unpaired) electrons. The summed E-state index contributed by atoms with van der Waals surface area (Å²) >= 11 is 1.46. The molecular formula is C10H12N2OS. The second-order valence-corrected chi connectivity index (χ2v) is 4.21. The molecule has 3 nitrogen and oxygen atoms in total. The number of aryl methyl sites for hydroxylation is 1. The molecule has 14 heavy (non-hydrogen) atoms. The predicted molar refractivity (Wildman–Crippen MR) is 59.3 cm³/mol. The summed E-state index contributed by atoms with van der Waals surface area (Å²) in [7, 11) is 0. The molecule has 1 aromatic carbocycles. The molecule has 2 rings (SSSR count). The maximum absolute atomic E-state index is 9.17. The van der Waals surface area contributed by atoms with E-state index >= 15 is 0 Å². The molecule has 0 amide bonds. The standard InChI is InChI=1S/C10H12N2OS/c1-2-6-3-8-9(4-7(6)5-13)14-10(11)12-8/h3-4,13H,2,5H2,1H3,(H2,11,12). The lowest BCUT2D eigenvalue weighted by Crippen LogP contribution is -1.91. The number of nitrogens with zero attached hydrogens (tertiary/aromatic N) is 1. The third-order valence-electron chi connectivity index (χ3n) is 2.28. The van der Waals surface area contributed by atoms with Gasteiger partial charge in [-0.25, -0.2) is 4.98 Å². The van der Waals surface area contributed by atoms with E-state index in [1.54, 1.807) is 0 Å². The monoisotopic (exact) mass is 208 g/mol. The van der Waals surface area contributed by atoms with E-state index in [9.17, 15) is 0 Å². The Balaban J connectivity index is 2.68. The van der Waals surface area contributed by atoms with E-state index in [1.165, 1.54) is 11.3 Å². The SMILES string of the molecule is CCc1cc2nc(N)sc2cc1CO. The highest BCUT2D eigenvalue weighted by atomic mass is 32.1. The van der Waals surface area contributed by atoms with E-state index < -0.39 is 0 Å². The van der Waals surface area contributed by atoms with E-state index in [1.807, 2.05) is 12.1 Å². The van der Waals surface area contributed by atoms with E-state index in [4.69, 9.17) is 10.8 Å². The van der Waals surface area contributed by atoms with E-state index in [-0.39, 0.29) is 6.61 Å². The number of aliphatic hydroxyl groups excluding tert-OH is 1. The van der Waals surface area contributed by atoms with Gasteiger partial charge in [0.1, 0.15) is 0 Å². The maximum atomic E-state index is 9.17. The first kappa shape index (κ1) is 9.43. The van der Waals surface area contributed by atoms with Crippen molar-refractivity contribution in [2.45, 2.75) is 20.0 Å². The van der Waals surface area contributed by atoms with Crippen molar-refractivity contribution in [2.24, 2.45) is 0 Å². The molecule has 3 N–H and O–H groups in total. The number of aromatic nitrogens is 1. The molecule has 4 heteroatoms. The van der Waals surface area contributed by atoms with Gasteiger partial charge in [0.2, 0.25) is 0 Å². The van der Waals surface area contributed by atoms with Crippen LogP contribution in [0.2, 0.25) is 0 Å². The molecule has 0 fully saturated rings. The number of hydrogen-bond acceptors (Lipinski definition) is 4. The minimum Gasteiger partial charge on any atom is -0.392 e. The molecule has 1 aromatic heterocycles. The van der Waals surface area contributed by atoms with Crippen LogP contribution >= 0.6 is 11.3 Å². The Hall–Kier alpha value is -1.13. The molecule has 0 aliphatic rings. The average molecular weight is 208 g/mol. The van der Waals surface area contributed by atoms with Crippen molar-refractivity contribution in [1.29, 1.82) is 0 Å². The summed E-state index contributed by atoms with van der Waals surface area (Å²) in [5, 5.41) is 9.75. The fourth-order valence-corrected chi connectivity index (χ4v) is 2.33. The Kier molecular flexibility index (Phi) is 2.39. The highest BCUT2D eigenvalue weighted by molar-refractivity contribution is 7.22. The third kappa shape index (κ3) is 1.47. The van der Waals surface area contributed by atoms with Crippen LogP contribution < -0.4 is 5.73 Å². The van der Waals surface area contributed by atoms with Crippen molar-refractivity contribution < 1.29 is 5.11 Å². The van der Waals surface area contributed by atoms with Gasteiger partial charge in [-0.05, 0) is 29.7 Å². The van der Waals surface area contributed by atoms with Gasteiger partial charge in [-0.2, -0.15) is 0 Å². The molecule has 0 aliphatic carbocycles. The minimum atomic E-state index is 0.0803. The number of thiazole rings is 1. The molecule has 74 valence electrons. The fourth-order valence-electron chi connectivity index (χ4n) is 1.55. The first-order valence-electron chi connectivity index (χ1n) is 4.53. The van der Waals surface area contributed by atoms with Crippen LogP contribution in [0.4, 0.5) is 5.13 Å². The van der Waals surface area contributed by atoms with Crippen molar-refractivity contribution >= 4 is 26.7 Å². The lowest BCUT2D eigenvalue weighted by Gasteiger charge is -2.03. The summed E-state index contributed by atoms with van der Waals surface area (Å²) < 4.78 is 1.05. The number of benzene rings is 1. The van der Waals surface area contributed by atoms with Crippen molar-refractivity contribution in [3.8, 4) is 0 Å². The minimum absolute atomic E-state index is 0.0803. The number of nitrogen functional groups attached to an aromatic ring is 1. The number of rotatable bonds is 2. The Morgan fingerprint density at radius 3 is 2.86 bits per heavy atom. The van der Waals surface area contributed by atoms with Gasteiger partial charge in [0, 0.05) is 0 Å². The molecule has 0 spiro atoms. The Labute approximate surface area is 86.2 Å².